The van der Waals surface area contributed by atoms with Gasteiger partial charge < -0.3 is 11.1 Å². The monoisotopic (exact) mass is 398 g/mol. The summed E-state index contributed by atoms with van der Waals surface area (Å²) in [5.74, 6) is -1.10. The van der Waals surface area contributed by atoms with E-state index in [9.17, 15) is 19.2 Å². The maximum Gasteiger partial charge on any atom is 0.263 e. The number of anilines is 1. The van der Waals surface area contributed by atoms with Gasteiger partial charge in [0.05, 0.1) is 16.6 Å². The number of nitrogens with two attached hydrogens (primary N) is 1. The normalized spacial score (nSPS) is 12.0. The van der Waals surface area contributed by atoms with Gasteiger partial charge in [-0.25, -0.2) is 4.98 Å². The number of primary amides is 1. The second-order valence-electron chi connectivity index (χ2n) is 6.36. The molecule has 0 aliphatic rings. The molecule has 28 heavy (non-hydrogen) atoms. The van der Waals surface area contributed by atoms with E-state index in [4.69, 9.17) is 5.73 Å². The first-order chi connectivity index (χ1) is 13.2. The Morgan fingerprint density at radius 2 is 1.86 bits per heavy atom. The number of nitrogens with one attached hydrogen (secondary N) is 1. The van der Waals surface area contributed by atoms with Crippen LogP contribution in [0.4, 0.5) is 5.69 Å². The number of amides is 2. The fraction of sp³-hybridized carbons (Fsp3) is 0.211. The quantitative estimate of drug-likeness (QED) is 0.638. The highest BCUT2D eigenvalue weighted by Crippen LogP contribution is 2.26. The van der Waals surface area contributed by atoms with Crippen LogP contribution in [0.2, 0.25) is 0 Å². The number of hydrogen-bond donors (Lipinski definition) is 2. The Kier molecular flexibility index (Phi) is 5.10. The number of carbonyl (C=O) groups excluding carboxylic acids is 3. The molecule has 0 fully saturated rings. The highest BCUT2D eigenvalue weighted by molar-refractivity contribution is 7.20. The van der Waals surface area contributed by atoms with Gasteiger partial charge in [-0.2, -0.15) is 0 Å². The van der Waals surface area contributed by atoms with Crippen LogP contribution < -0.4 is 16.6 Å². The molecular formula is C19H18N4O4S. The molecule has 1 atom stereocenters. The van der Waals surface area contributed by atoms with Crippen molar-refractivity contribution in [1.82, 2.24) is 9.55 Å². The summed E-state index contributed by atoms with van der Waals surface area (Å²) in [4.78, 5) is 53.2. The van der Waals surface area contributed by atoms with Crippen molar-refractivity contribution >= 4 is 44.8 Å². The Morgan fingerprint density at radius 3 is 2.43 bits per heavy atom. The fourth-order valence-corrected chi connectivity index (χ4v) is 3.80. The van der Waals surface area contributed by atoms with Gasteiger partial charge in [0.1, 0.15) is 10.9 Å². The Hall–Kier alpha value is -3.33. The molecule has 2 amide bonds. The lowest BCUT2D eigenvalue weighted by molar-refractivity contribution is -0.118. The van der Waals surface area contributed by atoms with Crippen LogP contribution in [0.3, 0.4) is 0 Å². The van der Waals surface area contributed by atoms with E-state index in [1.54, 1.807) is 38.1 Å². The number of aryl methyl sites for hydroxylation is 1. The number of fused-ring (bicyclic) bond motifs is 1. The maximum absolute atomic E-state index is 12.9. The second kappa shape index (κ2) is 7.35. The largest absolute Gasteiger partial charge is 0.365 e. The first-order valence-electron chi connectivity index (χ1n) is 8.42. The van der Waals surface area contributed by atoms with E-state index in [-0.39, 0.29) is 16.0 Å². The minimum atomic E-state index is -0.840. The topological polar surface area (TPSA) is 124 Å². The maximum atomic E-state index is 12.9. The fourth-order valence-electron chi connectivity index (χ4n) is 2.81. The van der Waals surface area contributed by atoms with Crippen LogP contribution in [0.25, 0.3) is 10.2 Å². The van der Waals surface area contributed by atoms with E-state index in [0.29, 0.717) is 21.6 Å². The van der Waals surface area contributed by atoms with Crippen molar-refractivity contribution in [2.75, 3.05) is 5.32 Å². The minimum absolute atomic E-state index is 0.0707. The van der Waals surface area contributed by atoms with Crippen LogP contribution >= 0.6 is 11.3 Å². The molecule has 2 aromatic heterocycles. The third-order valence-electron chi connectivity index (χ3n) is 4.46. The van der Waals surface area contributed by atoms with Gasteiger partial charge in [0.25, 0.3) is 11.5 Å². The van der Waals surface area contributed by atoms with Gasteiger partial charge >= 0.3 is 0 Å². The lowest BCUT2D eigenvalue weighted by Gasteiger charge is -2.15. The number of Topliss-reactive ketones (excluding diaryl/α,β-unsaturated/α-hetero) is 1. The first kappa shape index (κ1) is 19.4. The summed E-state index contributed by atoms with van der Waals surface area (Å²) in [6, 6.07) is 5.63. The molecule has 1 aromatic carbocycles. The zero-order valence-electron chi connectivity index (χ0n) is 15.5. The standard InChI is InChI=1S/C19H18N4O4S/c1-9-14-18(28-15(9)16(20)25)21-8-23(19(14)27)10(2)17(26)22-13-6-4-12(5-7-13)11(3)24/h4-8,10H,1-3H3,(H2,20,25)(H,22,26). The number of ketones is 1. The van der Waals surface area contributed by atoms with Crippen LogP contribution in [-0.2, 0) is 4.79 Å². The molecule has 0 bridgehead atoms. The van der Waals surface area contributed by atoms with Crippen LogP contribution in [-0.4, -0.2) is 27.1 Å². The highest BCUT2D eigenvalue weighted by Gasteiger charge is 2.22. The Bertz CT molecular complexity index is 1160. The van der Waals surface area contributed by atoms with Crippen LogP contribution in [0.1, 0.15) is 45.5 Å². The van der Waals surface area contributed by atoms with E-state index in [2.05, 4.69) is 10.3 Å². The van der Waals surface area contributed by atoms with Crippen molar-refractivity contribution < 1.29 is 14.4 Å². The molecular weight excluding hydrogens is 380 g/mol. The van der Waals surface area contributed by atoms with Gasteiger partial charge in [0.15, 0.2) is 5.78 Å². The molecule has 0 saturated heterocycles. The number of carbonyl (C=O) groups is 3. The molecule has 0 radical (unpaired) electrons. The Morgan fingerprint density at radius 1 is 1.21 bits per heavy atom. The van der Waals surface area contributed by atoms with Crippen LogP contribution in [0, 0.1) is 6.92 Å². The van der Waals surface area contributed by atoms with Crippen molar-refractivity contribution in [3.8, 4) is 0 Å². The number of rotatable bonds is 5. The summed E-state index contributed by atoms with van der Waals surface area (Å²) in [5.41, 5.74) is 6.43. The van der Waals surface area contributed by atoms with E-state index < -0.39 is 23.4 Å². The second-order valence-corrected chi connectivity index (χ2v) is 7.36. The van der Waals surface area contributed by atoms with Crippen LogP contribution in [0.5, 0.6) is 0 Å². The van der Waals surface area contributed by atoms with E-state index in [1.807, 2.05) is 0 Å². The van der Waals surface area contributed by atoms with Crippen molar-refractivity contribution in [2.45, 2.75) is 26.8 Å². The molecule has 2 heterocycles. The number of thiophene rings is 1. The number of benzene rings is 1. The molecule has 0 aliphatic heterocycles. The van der Waals surface area contributed by atoms with Crippen molar-refractivity contribution in [3.63, 3.8) is 0 Å². The van der Waals surface area contributed by atoms with Crippen molar-refractivity contribution in [2.24, 2.45) is 5.73 Å². The third-order valence-corrected chi connectivity index (χ3v) is 5.67. The predicted octanol–water partition coefficient (Wildman–Crippen LogP) is 2.27. The summed E-state index contributed by atoms with van der Waals surface area (Å²) in [5, 5.41) is 2.99. The molecule has 0 spiro atoms. The number of aromatic nitrogens is 2. The molecule has 0 saturated carbocycles. The van der Waals surface area contributed by atoms with Gasteiger partial charge in [-0.1, -0.05) is 0 Å². The average molecular weight is 398 g/mol. The van der Waals surface area contributed by atoms with Gasteiger partial charge in [-0.05, 0) is 50.6 Å². The summed E-state index contributed by atoms with van der Waals surface area (Å²) < 4.78 is 1.21. The molecule has 9 heteroatoms. The average Bonchev–Trinajstić information content (AvgIpc) is 2.99. The van der Waals surface area contributed by atoms with Gasteiger partial charge in [0.2, 0.25) is 5.91 Å². The van der Waals surface area contributed by atoms with Crippen molar-refractivity contribution in [1.29, 1.82) is 0 Å². The van der Waals surface area contributed by atoms with Gasteiger partial charge in [-0.3, -0.25) is 23.7 Å². The highest BCUT2D eigenvalue weighted by atomic mass is 32.1. The molecule has 3 aromatic rings. The molecule has 8 nitrogen and oxygen atoms in total. The van der Waals surface area contributed by atoms with Gasteiger partial charge in [-0.15, -0.1) is 11.3 Å². The summed E-state index contributed by atoms with van der Waals surface area (Å²) in [6.07, 6.45) is 1.29. The summed E-state index contributed by atoms with van der Waals surface area (Å²) in [6.45, 7) is 4.67. The first-order valence-corrected chi connectivity index (χ1v) is 9.24. The Labute approximate surface area is 164 Å². The smallest absolute Gasteiger partial charge is 0.263 e. The molecule has 0 aliphatic carbocycles. The lowest BCUT2D eigenvalue weighted by atomic mass is 10.1. The SMILES string of the molecule is CC(=O)c1ccc(NC(=O)C(C)n2cnc3sc(C(N)=O)c(C)c3c2=O)cc1. The van der Waals surface area contributed by atoms with E-state index in [1.165, 1.54) is 17.8 Å². The summed E-state index contributed by atoms with van der Waals surface area (Å²) in [7, 11) is 0. The zero-order valence-corrected chi connectivity index (χ0v) is 16.3. The lowest BCUT2D eigenvalue weighted by Crippen LogP contribution is -2.31. The predicted molar refractivity (Wildman–Crippen MR) is 107 cm³/mol. The van der Waals surface area contributed by atoms with E-state index >= 15 is 0 Å². The molecule has 144 valence electrons. The van der Waals surface area contributed by atoms with Crippen molar-refractivity contribution in [3.05, 3.63) is 57.0 Å². The molecule has 1 unspecified atom stereocenters. The molecule has 3 rings (SSSR count). The Balaban J connectivity index is 1.91. The van der Waals surface area contributed by atoms with E-state index in [0.717, 1.165) is 11.3 Å². The molecule has 3 N–H and O–H groups in total. The van der Waals surface area contributed by atoms with Crippen LogP contribution in [0.15, 0.2) is 35.4 Å². The number of hydrogen-bond acceptors (Lipinski definition) is 6. The van der Waals surface area contributed by atoms with Gasteiger partial charge in [0, 0.05) is 11.3 Å². The zero-order chi connectivity index (χ0) is 20.6. The summed E-state index contributed by atoms with van der Waals surface area (Å²) >= 11 is 1.05. The minimum Gasteiger partial charge on any atom is -0.365 e. The number of nitrogens with zero attached hydrogens (tertiary/aromatic N) is 2. The third kappa shape index (κ3) is 3.44.